The first kappa shape index (κ1) is 12.8. The van der Waals surface area contributed by atoms with Gasteiger partial charge in [0.25, 0.3) is 0 Å². The molecule has 0 unspecified atom stereocenters. The molecule has 1 saturated heterocycles. The second-order valence-electron chi connectivity index (χ2n) is 4.59. The predicted octanol–water partition coefficient (Wildman–Crippen LogP) is 1.98. The number of phenolic OH excluding ortho intramolecular Hbond substituents is 1. The van der Waals surface area contributed by atoms with E-state index in [9.17, 15) is 19.6 Å². The van der Waals surface area contributed by atoms with Gasteiger partial charge in [-0.15, -0.1) is 0 Å². The van der Waals surface area contributed by atoms with Gasteiger partial charge in [-0.3, -0.25) is 10.1 Å². The summed E-state index contributed by atoms with van der Waals surface area (Å²) >= 11 is 0. The Morgan fingerprint density at radius 1 is 1.44 bits per heavy atom. The molecule has 1 aliphatic heterocycles. The number of halogens is 1. The molecule has 98 valence electrons. The number of nitro benzene ring substituents is 1. The van der Waals surface area contributed by atoms with E-state index < -0.39 is 22.2 Å². The van der Waals surface area contributed by atoms with Gasteiger partial charge in [0.05, 0.1) is 11.0 Å². The van der Waals surface area contributed by atoms with E-state index in [0.717, 1.165) is 32.0 Å². The van der Waals surface area contributed by atoms with Gasteiger partial charge in [0, 0.05) is 5.56 Å². The van der Waals surface area contributed by atoms with Gasteiger partial charge in [-0.25, -0.2) is 4.39 Å². The van der Waals surface area contributed by atoms with Crippen molar-refractivity contribution in [3.63, 3.8) is 0 Å². The summed E-state index contributed by atoms with van der Waals surface area (Å²) in [4.78, 5) is 9.93. The van der Waals surface area contributed by atoms with E-state index in [1.165, 1.54) is 6.07 Å². The largest absolute Gasteiger partial charge is 0.502 e. The van der Waals surface area contributed by atoms with Gasteiger partial charge in [0.2, 0.25) is 0 Å². The van der Waals surface area contributed by atoms with Crippen LogP contribution in [0.3, 0.4) is 0 Å². The van der Waals surface area contributed by atoms with E-state index in [1.54, 1.807) is 0 Å². The highest BCUT2D eigenvalue weighted by molar-refractivity contribution is 5.51. The fourth-order valence-corrected chi connectivity index (χ4v) is 2.33. The van der Waals surface area contributed by atoms with Gasteiger partial charge < -0.3 is 10.4 Å². The van der Waals surface area contributed by atoms with Crippen LogP contribution in [0.2, 0.25) is 0 Å². The van der Waals surface area contributed by atoms with Gasteiger partial charge in [0.1, 0.15) is 5.82 Å². The number of hydrogen-bond acceptors (Lipinski definition) is 4. The van der Waals surface area contributed by atoms with Crippen LogP contribution < -0.4 is 5.32 Å². The van der Waals surface area contributed by atoms with E-state index in [2.05, 4.69) is 5.32 Å². The Hall–Kier alpha value is -1.69. The number of phenols is 1. The molecule has 1 heterocycles. The number of benzene rings is 1. The lowest BCUT2D eigenvalue weighted by Gasteiger charge is -2.22. The second kappa shape index (κ2) is 5.30. The van der Waals surface area contributed by atoms with E-state index in [1.807, 2.05) is 0 Å². The van der Waals surface area contributed by atoms with E-state index in [-0.39, 0.29) is 0 Å². The monoisotopic (exact) mass is 254 g/mol. The minimum atomic E-state index is -0.760. The van der Waals surface area contributed by atoms with Crippen molar-refractivity contribution in [3.8, 4) is 5.75 Å². The average Bonchev–Trinajstić information content (AvgIpc) is 2.34. The molecule has 1 aromatic carbocycles. The zero-order valence-electron chi connectivity index (χ0n) is 9.86. The van der Waals surface area contributed by atoms with Gasteiger partial charge in [-0.05, 0) is 44.3 Å². The number of nitro groups is 1. The van der Waals surface area contributed by atoms with Gasteiger partial charge >= 0.3 is 5.69 Å². The van der Waals surface area contributed by atoms with Crippen LogP contribution in [0.25, 0.3) is 0 Å². The van der Waals surface area contributed by atoms with Crippen LogP contribution in [-0.4, -0.2) is 23.1 Å². The molecule has 0 amide bonds. The number of nitrogens with one attached hydrogen (secondary N) is 1. The molecule has 2 rings (SSSR count). The highest BCUT2D eigenvalue weighted by atomic mass is 19.1. The molecule has 0 aromatic heterocycles. The first-order valence-corrected chi connectivity index (χ1v) is 5.94. The molecule has 5 nitrogen and oxygen atoms in total. The van der Waals surface area contributed by atoms with Crippen LogP contribution in [0, 0.1) is 21.8 Å². The molecule has 1 aliphatic rings. The predicted molar refractivity (Wildman–Crippen MR) is 64.0 cm³/mol. The number of aromatic hydroxyl groups is 1. The van der Waals surface area contributed by atoms with E-state index >= 15 is 0 Å². The zero-order chi connectivity index (χ0) is 13.1. The highest BCUT2D eigenvalue weighted by Gasteiger charge is 2.22. The summed E-state index contributed by atoms with van der Waals surface area (Å²) in [6.07, 6.45) is 2.35. The first-order valence-electron chi connectivity index (χ1n) is 5.94. The van der Waals surface area contributed by atoms with Crippen LogP contribution in [0.5, 0.6) is 5.75 Å². The summed E-state index contributed by atoms with van der Waals surface area (Å²) in [5.41, 5.74) is -0.229. The van der Waals surface area contributed by atoms with Crippen molar-refractivity contribution >= 4 is 5.69 Å². The SMILES string of the molecule is O=[N+]([O-])c1cc(F)cc(CC2CCNCC2)c1O. The smallest absolute Gasteiger partial charge is 0.313 e. The van der Waals surface area contributed by atoms with Gasteiger partial charge in [-0.2, -0.15) is 0 Å². The van der Waals surface area contributed by atoms with Crippen molar-refractivity contribution in [1.29, 1.82) is 0 Å². The minimum absolute atomic E-state index is 0.327. The Bertz CT molecular complexity index is 459. The molecule has 6 heteroatoms. The average molecular weight is 254 g/mol. The molecule has 0 bridgehead atoms. The molecule has 0 spiro atoms. The summed E-state index contributed by atoms with van der Waals surface area (Å²) in [7, 11) is 0. The summed E-state index contributed by atoms with van der Waals surface area (Å²) in [5, 5.41) is 23.7. The Morgan fingerprint density at radius 2 is 2.11 bits per heavy atom. The van der Waals surface area contributed by atoms with Crippen molar-refractivity contribution in [2.75, 3.05) is 13.1 Å². The number of piperidine rings is 1. The molecular weight excluding hydrogens is 239 g/mol. The molecule has 0 aliphatic carbocycles. The standard InChI is InChI=1S/C12H15FN2O3/c13-10-6-9(5-8-1-3-14-4-2-8)12(16)11(7-10)15(17)18/h6-8,14,16H,1-5H2. The first-order chi connectivity index (χ1) is 8.58. The third-order valence-electron chi connectivity index (χ3n) is 3.30. The Labute approximate surface area is 104 Å². The molecule has 0 saturated carbocycles. The Kier molecular flexibility index (Phi) is 3.76. The summed E-state index contributed by atoms with van der Waals surface area (Å²) in [5.74, 6) is -0.748. The quantitative estimate of drug-likeness (QED) is 0.639. The zero-order valence-corrected chi connectivity index (χ0v) is 9.86. The highest BCUT2D eigenvalue weighted by Crippen LogP contribution is 2.33. The molecular formula is C12H15FN2O3. The van der Waals surface area contributed by atoms with Crippen molar-refractivity contribution in [2.45, 2.75) is 19.3 Å². The number of rotatable bonds is 3. The van der Waals surface area contributed by atoms with Crippen LogP contribution >= 0.6 is 0 Å². The summed E-state index contributed by atoms with van der Waals surface area (Å²) in [6, 6.07) is 1.94. The molecule has 18 heavy (non-hydrogen) atoms. The molecule has 0 atom stereocenters. The lowest BCUT2D eigenvalue weighted by atomic mass is 9.90. The lowest BCUT2D eigenvalue weighted by Crippen LogP contribution is -2.28. The minimum Gasteiger partial charge on any atom is -0.502 e. The fourth-order valence-electron chi connectivity index (χ4n) is 2.33. The normalized spacial score (nSPS) is 16.7. The van der Waals surface area contributed by atoms with Crippen LogP contribution in [0.1, 0.15) is 18.4 Å². The van der Waals surface area contributed by atoms with Crippen LogP contribution in [0.4, 0.5) is 10.1 Å². The fraction of sp³-hybridized carbons (Fsp3) is 0.500. The van der Waals surface area contributed by atoms with Crippen LogP contribution in [0.15, 0.2) is 12.1 Å². The molecule has 1 fully saturated rings. The maximum atomic E-state index is 13.3. The molecule has 1 aromatic rings. The Balaban J connectivity index is 2.23. The third-order valence-corrected chi connectivity index (χ3v) is 3.30. The van der Waals surface area contributed by atoms with Crippen molar-refractivity contribution in [1.82, 2.24) is 5.32 Å². The lowest BCUT2D eigenvalue weighted by molar-refractivity contribution is -0.386. The molecule has 2 N–H and O–H groups in total. The maximum absolute atomic E-state index is 13.3. The van der Waals surface area contributed by atoms with Crippen LogP contribution in [-0.2, 0) is 6.42 Å². The Morgan fingerprint density at radius 3 is 2.72 bits per heavy atom. The van der Waals surface area contributed by atoms with Crippen molar-refractivity contribution in [2.24, 2.45) is 5.92 Å². The summed E-state index contributed by atoms with van der Waals surface area (Å²) in [6.45, 7) is 1.78. The van der Waals surface area contributed by atoms with E-state index in [4.69, 9.17) is 0 Å². The number of nitrogens with zero attached hydrogens (tertiary/aromatic N) is 1. The van der Waals surface area contributed by atoms with Gasteiger partial charge in [-0.1, -0.05) is 0 Å². The topological polar surface area (TPSA) is 75.4 Å². The maximum Gasteiger partial charge on any atom is 0.313 e. The summed E-state index contributed by atoms with van der Waals surface area (Å²) < 4.78 is 13.3. The van der Waals surface area contributed by atoms with E-state index in [0.29, 0.717) is 17.9 Å². The second-order valence-corrected chi connectivity index (χ2v) is 4.59. The van der Waals surface area contributed by atoms with Gasteiger partial charge in [0.15, 0.2) is 5.75 Å². The number of hydrogen-bond donors (Lipinski definition) is 2. The van der Waals surface area contributed by atoms with Crippen molar-refractivity contribution < 1.29 is 14.4 Å². The molecule has 0 radical (unpaired) electrons. The van der Waals surface area contributed by atoms with Crippen molar-refractivity contribution in [3.05, 3.63) is 33.6 Å². The third kappa shape index (κ3) is 2.76.